The highest BCUT2D eigenvalue weighted by molar-refractivity contribution is 8.76. The van der Waals surface area contributed by atoms with E-state index in [1.54, 1.807) is 7.11 Å². The van der Waals surface area contributed by atoms with Crippen molar-refractivity contribution in [3.8, 4) is 5.75 Å². The molecule has 0 aromatic heterocycles. The van der Waals surface area contributed by atoms with E-state index >= 15 is 0 Å². The van der Waals surface area contributed by atoms with Gasteiger partial charge in [0, 0.05) is 30.3 Å². The third-order valence-electron chi connectivity index (χ3n) is 2.60. The van der Waals surface area contributed by atoms with Gasteiger partial charge in [-0.05, 0) is 24.3 Å². The van der Waals surface area contributed by atoms with Crippen LogP contribution < -0.4 is 10.1 Å². The Kier molecular flexibility index (Phi) is 5.07. The first-order valence-corrected chi connectivity index (χ1v) is 8.23. The van der Waals surface area contributed by atoms with Crippen molar-refractivity contribution in [3.05, 3.63) is 24.3 Å². The molecule has 0 unspecified atom stereocenters. The lowest BCUT2D eigenvalue weighted by Crippen LogP contribution is -2.37. The standard InChI is InChI=1S/C12H16N2O2S2/c1-16-11-4-2-10(3-5-11)13-12(15)14-6-8-17-18-9-7-14/h2-5H,6-9H2,1H3,(H,13,15). The van der Waals surface area contributed by atoms with E-state index in [2.05, 4.69) is 5.32 Å². The maximum absolute atomic E-state index is 12.0. The summed E-state index contributed by atoms with van der Waals surface area (Å²) >= 11 is 0. The largest absolute Gasteiger partial charge is 0.497 e. The van der Waals surface area contributed by atoms with Gasteiger partial charge in [0.1, 0.15) is 5.75 Å². The van der Waals surface area contributed by atoms with Crippen molar-refractivity contribution in [1.82, 2.24) is 4.90 Å². The van der Waals surface area contributed by atoms with Crippen molar-refractivity contribution >= 4 is 33.3 Å². The molecule has 18 heavy (non-hydrogen) atoms. The number of hydrogen-bond acceptors (Lipinski definition) is 4. The molecule has 0 radical (unpaired) electrons. The molecule has 1 aromatic rings. The number of ether oxygens (including phenoxy) is 1. The first-order chi connectivity index (χ1) is 8.79. The van der Waals surface area contributed by atoms with Gasteiger partial charge in [-0.15, -0.1) is 0 Å². The average Bonchev–Trinajstić information content (AvgIpc) is 2.68. The summed E-state index contributed by atoms with van der Waals surface area (Å²) in [5.74, 6) is 2.76. The first kappa shape index (κ1) is 13.4. The predicted molar refractivity (Wildman–Crippen MR) is 78.5 cm³/mol. The van der Waals surface area contributed by atoms with Crippen LogP contribution in [0.15, 0.2) is 24.3 Å². The lowest BCUT2D eigenvalue weighted by Gasteiger charge is -2.20. The highest BCUT2D eigenvalue weighted by atomic mass is 33.1. The van der Waals surface area contributed by atoms with E-state index in [0.717, 1.165) is 36.0 Å². The molecule has 0 spiro atoms. The van der Waals surface area contributed by atoms with Crippen LogP contribution in [-0.4, -0.2) is 42.6 Å². The fourth-order valence-corrected chi connectivity index (χ4v) is 3.58. The average molecular weight is 284 g/mol. The van der Waals surface area contributed by atoms with Gasteiger partial charge < -0.3 is 15.0 Å². The van der Waals surface area contributed by atoms with Crippen molar-refractivity contribution in [3.63, 3.8) is 0 Å². The molecule has 1 fully saturated rings. The molecule has 4 nitrogen and oxygen atoms in total. The lowest BCUT2D eigenvalue weighted by atomic mass is 10.3. The monoisotopic (exact) mass is 284 g/mol. The number of benzene rings is 1. The second kappa shape index (κ2) is 6.80. The number of nitrogens with zero attached hydrogens (tertiary/aromatic N) is 1. The molecular formula is C12H16N2O2S2. The zero-order chi connectivity index (χ0) is 12.8. The van der Waals surface area contributed by atoms with E-state index < -0.39 is 0 Å². The van der Waals surface area contributed by atoms with Gasteiger partial charge in [0.25, 0.3) is 0 Å². The molecule has 1 aliphatic heterocycles. The summed E-state index contributed by atoms with van der Waals surface area (Å²) in [6.07, 6.45) is 0. The zero-order valence-corrected chi connectivity index (χ0v) is 11.9. The number of anilines is 1. The summed E-state index contributed by atoms with van der Waals surface area (Å²) in [6.45, 7) is 1.61. The van der Waals surface area contributed by atoms with Crippen LogP contribution in [0.25, 0.3) is 0 Å². The number of rotatable bonds is 2. The smallest absolute Gasteiger partial charge is 0.321 e. The predicted octanol–water partition coefficient (Wildman–Crippen LogP) is 2.92. The minimum absolute atomic E-state index is 0.0248. The van der Waals surface area contributed by atoms with Gasteiger partial charge in [0.15, 0.2) is 0 Å². The van der Waals surface area contributed by atoms with E-state index in [1.165, 1.54) is 0 Å². The highest BCUT2D eigenvalue weighted by Gasteiger charge is 2.15. The fourth-order valence-electron chi connectivity index (χ4n) is 1.60. The van der Waals surface area contributed by atoms with Crippen LogP contribution in [0.1, 0.15) is 0 Å². The first-order valence-electron chi connectivity index (χ1n) is 5.74. The van der Waals surface area contributed by atoms with Gasteiger partial charge in [0.2, 0.25) is 0 Å². The molecular weight excluding hydrogens is 268 g/mol. The number of nitrogens with one attached hydrogen (secondary N) is 1. The zero-order valence-electron chi connectivity index (χ0n) is 10.2. The molecule has 6 heteroatoms. The molecule has 1 heterocycles. The highest BCUT2D eigenvalue weighted by Crippen LogP contribution is 2.24. The van der Waals surface area contributed by atoms with Crippen LogP contribution in [0.3, 0.4) is 0 Å². The van der Waals surface area contributed by atoms with E-state index in [4.69, 9.17) is 4.74 Å². The van der Waals surface area contributed by atoms with Crippen molar-refractivity contribution < 1.29 is 9.53 Å². The molecule has 0 atom stereocenters. The normalized spacial score (nSPS) is 15.9. The van der Waals surface area contributed by atoms with E-state index in [0.29, 0.717) is 0 Å². The van der Waals surface area contributed by atoms with Gasteiger partial charge in [0.05, 0.1) is 7.11 Å². The number of hydrogen-bond donors (Lipinski definition) is 1. The molecule has 2 rings (SSSR count). The van der Waals surface area contributed by atoms with Gasteiger partial charge in [-0.1, -0.05) is 21.6 Å². The van der Waals surface area contributed by atoms with Crippen molar-refractivity contribution in [2.75, 3.05) is 37.0 Å². The molecule has 0 aliphatic carbocycles. The number of methoxy groups -OCH3 is 1. The summed E-state index contributed by atoms with van der Waals surface area (Å²) in [4.78, 5) is 13.9. The summed E-state index contributed by atoms with van der Waals surface area (Å²) in [5, 5.41) is 2.90. The Bertz CT molecular complexity index is 390. The molecule has 1 aliphatic rings. The maximum atomic E-state index is 12.0. The number of carbonyl (C=O) groups excluding carboxylic acids is 1. The fraction of sp³-hybridized carbons (Fsp3) is 0.417. The van der Waals surface area contributed by atoms with Crippen LogP contribution in [0.2, 0.25) is 0 Å². The second-order valence-corrected chi connectivity index (χ2v) is 6.49. The Morgan fingerprint density at radius 3 is 2.39 bits per heavy atom. The SMILES string of the molecule is COc1ccc(NC(=O)N2CCSSCC2)cc1. The topological polar surface area (TPSA) is 41.6 Å². The molecule has 1 N–H and O–H groups in total. The second-order valence-electron chi connectivity index (χ2n) is 3.79. The van der Waals surface area contributed by atoms with Crippen LogP contribution in [0.4, 0.5) is 10.5 Å². The molecule has 2 amide bonds. The number of amides is 2. The van der Waals surface area contributed by atoms with Gasteiger partial charge in [-0.25, -0.2) is 4.79 Å². The van der Waals surface area contributed by atoms with Crippen LogP contribution >= 0.6 is 21.6 Å². The lowest BCUT2D eigenvalue weighted by molar-refractivity contribution is 0.218. The minimum atomic E-state index is -0.0248. The molecule has 0 saturated carbocycles. The number of urea groups is 1. The van der Waals surface area contributed by atoms with Crippen molar-refractivity contribution in [1.29, 1.82) is 0 Å². The van der Waals surface area contributed by atoms with Gasteiger partial charge >= 0.3 is 6.03 Å². The maximum Gasteiger partial charge on any atom is 0.321 e. The Morgan fingerprint density at radius 2 is 1.83 bits per heavy atom. The van der Waals surface area contributed by atoms with Crippen molar-refractivity contribution in [2.45, 2.75) is 0 Å². The third kappa shape index (κ3) is 3.74. The minimum Gasteiger partial charge on any atom is -0.497 e. The van der Waals surface area contributed by atoms with Crippen molar-refractivity contribution in [2.24, 2.45) is 0 Å². The van der Waals surface area contributed by atoms with Gasteiger partial charge in [-0.3, -0.25) is 0 Å². The summed E-state index contributed by atoms with van der Waals surface area (Å²) in [7, 11) is 5.28. The summed E-state index contributed by atoms with van der Waals surface area (Å²) in [5.41, 5.74) is 0.797. The van der Waals surface area contributed by atoms with Gasteiger partial charge in [-0.2, -0.15) is 0 Å². The van der Waals surface area contributed by atoms with E-state index in [9.17, 15) is 4.79 Å². The quantitative estimate of drug-likeness (QED) is 0.848. The van der Waals surface area contributed by atoms with E-state index in [-0.39, 0.29) is 6.03 Å². The molecule has 1 aromatic carbocycles. The summed E-state index contributed by atoms with van der Waals surface area (Å²) < 4.78 is 5.08. The number of carbonyl (C=O) groups is 1. The van der Waals surface area contributed by atoms with Crippen LogP contribution in [-0.2, 0) is 0 Å². The summed E-state index contributed by atoms with van der Waals surface area (Å²) in [6, 6.07) is 7.34. The Morgan fingerprint density at radius 1 is 1.22 bits per heavy atom. The molecule has 1 saturated heterocycles. The Hall–Kier alpha value is -1.01. The van der Waals surface area contributed by atoms with Crippen LogP contribution in [0.5, 0.6) is 5.75 Å². The third-order valence-corrected chi connectivity index (χ3v) is 4.97. The molecule has 98 valence electrons. The Labute approximate surface area is 115 Å². The van der Waals surface area contributed by atoms with E-state index in [1.807, 2.05) is 50.8 Å². The van der Waals surface area contributed by atoms with Crippen LogP contribution in [0, 0.1) is 0 Å². The Balaban J connectivity index is 1.92. The molecule has 0 bridgehead atoms.